The number of aromatic nitrogens is 5. The number of hydrogen-bond acceptors (Lipinski definition) is 6. The second-order valence-electron chi connectivity index (χ2n) is 5.68. The predicted octanol–water partition coefficient (Wildman–Crippen LogP) is 3.39. The third-order valence-corrected chi connectivity index (χ3v) is 3.53. The molecular weight excluding hydrogens is 392 g/mol. The summed E-state index contributed by atoms with van der Waals surface area (Å²) in [6.07, 6.45) is -8.07. The highest BCUT2D eigenvalue weighted by atomic mass is 19.4. The molecule has 0 aliphatic heterocycles. The number of halogens is 6. The maximum absolute atomic E-state index is 12.9. The normalized spacial score (nSPS) is 12.4. The van der Waals surface area contributed by atoms with Crippen LogP contribution in [0.4, 0.5) is 38.0 Å². The van der Waals surface area contributed by atoms with Crippen LogP contribution in [0.2, 0.25) is 0 Å². The van der Waals surface area contributed by atoms with Crippen molar-refractivity contribution in [2.45, 2.75) is 19.3 Å². The van der Waals surface area contributed by atoms with Crippen molar-refractivity contribution in [3.8, 4) is 0 Å². The SMILES string of the molecule is Cc1cc(NCCNc2ncccc2C(F)(F)F)n2nc(C(F)(F)F)nc2n1. The fourth-order valence-electron chi connectivity index (χ4n) is 2.38. The lowest BCUT2D eigenvalue weighted by molar-refractivity contribution is -0.144. The van der Waals surface area contributed by atoms with E-state index in [0.717, 1.165) is 10.6 Å². The maximum Gasteiger partial charge on any atom is 0.453 e. The molecule has 2 N–H and O–H groups in total. The lowest BCUT2D eigenvalue weighted by Gasteiger charge is -2.14. The van der Waals surface area contributed by atoms with Gasteiger partial charge in [0.2, 0.25) is 0 Å². The summed E-state index contributed by atoms with van der Waals surface area (Å²) < 4.78 is 78.0. The first-order chi connectivity index (χ1) is 13.1. The molecule has 0 unspecified atom stereocenters. The molecular formula is C15H13F6N7. The Hall–Kier alpha value is -3.12. The number of aryl methyl sites for hydroxylation is 1. The van der Waals surface area contributed by atoms with Crippen LogP contribution in [0.3, 0.4) is 0 Å². The van der Waals surface area contributed by atoms with Crippen LogP contribution in [0.15, 0.2) is 24.4 Å². The number of fused-ring (bicyclic) bond motifs is 1. The molecule has 0 spiro atoms. The molecule has 0 aromatic carbocycles. The quantitative estimate of drug-likeness (QED) is 0.501. The van der Waals surface area contributed by atoms with E-state index in [1.54, 1.807) is 6.92 Å². The van der Waals surface area contributed by atoms with Gasteiger partial charge in [-0.15, -0.1) is 5.10 Å². The molecule has 28 heavy (non-hydrogen) atoms. The largest absolute Gasteiger partial charge is 0.453 e. The molecule has 150 valence electrons. The van der Waals surface area contributed by atoms with E-state index in [1.165, 1.54) is 18.3 Å². The Labute approximate surface area is 153 Å². The van der Waals surface area contributed by atoms with Crippen molar-refractivity contribution in [1.82, 2.24) is 24.6 Å². The van der Waals surface area contributed by atoms with E-state index in [0.29, 0.717) is 5.69 Å². The highest BCUT2D eigenvalue weighted by Crippen LogP contribution is 2.33. The second kappa shape index (κ2) is 7.13. The van der Waals surface area contributed by atoms with Crippen molar-refractivity contribution in [1.29, 1.82) is 0 Å². The van der Waals surface area contributed by atoms with Crippen molar-refractivity contribution in [2.24, 2.45) is 0 Å². The molecule has 0 bridgehead atoms. The van der Waals surface area contributed by atoms with E-state index < -0.39 is 23.7 Å². The van der Waals surface area contributed by atoms with Crippen LogP contribution >= 0.6 is 0 Å². The summed E-state index contributed by atoms with van der Waals surface area (Å²) in [5, 5.41) is 8.73. The van der Waals surface area contributed by atoms with Crippen molar-refractivity contribution in [3.05, 3.63) is 41.5 Å². The van der Waals surface area contributed by atoms with Gasteiger partial charge in [-0.1, -0.05) is 0 Å². The molecule has 3 aromatic rings. The first-order valence-corrected chi connectivity index (χ1v) is 7.87. The van der Waals surface area contributed by atoms with Crippen molar-refractivity contribution in [3.63, 3.8) is 0 Å². The highest BCUT2D eigenvalue weighted by molar-refractivity contribution is 5.47. The number of nitrogens with zero attached hydrogens (tertiary/aromatic N) is 5. The molecule has 0 aliphatic carbocycles. The van der Waals surface area contributed by atoms with Crippen molar-refractivity contribution >= 4 is 17.4 Å². The number of hydrogen-bond donors (Lipinski definition) is 2. The molecule has 0 aliphatic rings. The van der Waals surface area contributed by atoms with Gasteiger partial charge in [-0.25, -0.2) is 9.97 Å². The minimum absolute atomic E-state index is 0.0176. The smallest absolute Gasteiger partial charge is 0.368 e. The van der Waals surface area contributed by atoms with Gasteiger partial charge < -0.3 is 10.6 Å². The van der Waals surface area contributed by atoms with E-state index in [2.05, 4.69) is 30.7 Å². The minimum atomic E-state index is -4.73. The average molecular weight is 405 g/mol. The van der Waals surface area contributed by atoms with Gasteiger partial charge >= 0.3 is 12.4 Å². The van der Waals surface area contributed by atoms with Crippen LogP contribution in [0.25, 0.3) is 5.78 Å². The predicted molar refractivity (Wildman–Crippen MR) is 86.7 cm³/mol. The van der Waals surface area contributed by atoms with Crippen LogP contribution in [0, 0.1) is 6.92 Å². The summed E-state index contributed by atoms with van der Waals surface area (Å²) in [6, 6.07) is 3.52. The lowest BCUT2D eigenvalue weighted by atomic mass is 10.2. The number of anilines is 2. The van der Waals surface area contributed by atoms with Gasteiger partial charge in [0.05, 0.1) is 5.56 Å². The molecule has 0 saturated carbocycles. The standard InChI is InChI=1S/C15H13F6N7/c1-8-7-10(28-13(25-8)26-12(27-28)15(19,20)21)22-5-6-24-11-9(14(16,17)18)3-2-4-23-11/h2-4,7,22H,5-6H2,1H3,(H,23,24). The van der Waals surface area contributed by atoms with E-state index in [9.17, 15) is 26.3 Å². The fraction of sp³-hybridized carbons (Fsp3) is 0.333. The number of alkyl halides is 6. The first-order valence-electron chi connectivity index (χ1n) is 7.87. The van der Waals surface area contributed by atoms with Gasteiger partial charge in [0.1, 0.15) is 11.6 Å². The zero-order chi connectivity index (χ0) is 20.5. The molecule has 0 saturated heterocycles. The minimum Gasteiger partial charge on any atom is -0.368 e. The van der Waals surface area contributed by atoms with E-state index in [1.807, 2.05) is 0 Å². The molecule has 3 rings (SSSR count). The van der Waals surface area contributed by atoms with Crippen molar-refractivity contribution < 1.29 is 26.3 Å². The van der Waals surface area contributed by atoms with Gasteiger partial charge in [0.15, 0.2) is 0 Å². The van der Waals surface area contributed by atoms with Crippen LogP contribution in [-0.2, 0) is 12.4 Å². The fourth-order valence-corrected chi connectivity index (χ4v) is 2.38. The molecule has 0 amide bonds. The van der Waals surface area contributed by atoms with Crippen LogP contribution in [-0.4, -0.2) is 37.7 Å². The third-order valence-electron chi connectivity index (χ3n) is 3.53. The maximum atomic E-state index is 12.9. The van der Waals surface area contributed by atoms with Crippen LogP contribution in [0.5, 0.6) is 0 Å². The topological polar surface area (TPSA) is 80.0 Å². The summed E-state index contributed by atoms with van der Waals surface area (Å²) in [4.78, 5) is 10.9. The van der Waals surface area contributed by atoms with Crippen LogP contribution < -0.4 is 10.6 Å². The Morgan fingerprint density at radius 3 is 2.39 bits per heavy atom. The number of nitrogens with one attached hydrogen (secondary N) is 2. The molecule has 0 radical (unpaired) electrons. The monoisotopic (exact) mass is 405 g/mol. The van der Waals surface area contributed by atoms with Gasteiger partial charge in [-0.3, -0.25) is 0 Å². The van der Waals surface area contributed by atoms with Crippen molar-refractivity contribution in [2.75, 3.05) is 23.7 Å². The average Bonchev–Trinajstić information content (AvgIpc) is 3.02. The van der Waals surface area contributed by atoms with E-state index in [4.69, 9.17) is 0 Å². The summed E-state index contributed by atoms with van der Waals surface area (Å²) in [7, 11) is 0. The molecule has 3 aromatic heterocycles. The van der Waals surface area contributed by atoms with Gasteiger partial charge in [-0.05, 0) is 19.1 Å². The third kappa shape index (κ3) is 4.23. The molecule has 0 fully saturated rings. The van der Waals surface area contributed by atoms with Gasteiger partial charge in [0, 0.05) is 31.0 Å². The van der Waals surface area contributed by atoms with Crippen LogP contribution in [0.1, 0.15) is 17.1 Å². The summed E-state index contributed by atoms with van der Waals surface area (Å²) in [5.41, 5.74) is -0.517. The Balaban J connectivity index is 1.72. The van der Waals surface area contributed by atoms with E-state index >= 15 is 0 Å². The summed E-state index contributed by atoms with van der Waals surface area (Å²) in [6.45, 7) is 1.66. The zero-order valence-corrected chi connectivity index (χ0v) is 14.2. The zero-order valence-electron chi connectivity index (χ0n) is 14.2. The highest BCUT2D eigenvalue weighted by Gasteiger charge is 2.37. The Bertz CT molecular complexity index is 979. The lowest BCUT2D eigenvalue weighted by Crippen LogP contribution is -2.19. The van der Waals surface area contributed by atoms with Gasteiger partial charge in [-0.2, -0.15) is 35.8 Å². The second-order valence-corrected chi connectivity index (χ2v) is 5.68. The Kier molecular flexibility index (Phi) is 5.00. The molecule has 13 heteroatoms. The molecule has 0 atom stereocenters. The molecule has 3 heterocycles. The van der Waals surface area contributed by atoms with E-state index in [-0.39, 0.29) is 30.5 Å². The summed E-state index contributed by atoms with van der Waals surface area (Å²) >= 11 is 0. The first kappa shape index (κ1) is 19.6. The number of pyridine rings is 1. The number of rotatable bonds is 5. The van der Waals surface area contributed by atoms with Gasteiger partial charge in [0.25, 0.3) is 11.6 Å². The summed E-state index contributed by atoms with van der Waals surface area (Å²) in [5.74, 6) is -1.75. The molecule has 7 nitrogen and oxygen atoms in total. The Morgan fingerprint density at radius 1 is 1.00 bits per heavy atom. The Morgan fingerprint density at radius 2 is 1.71 bits per heavy atom.